The van der Waals surface area contributed by atoms with Crippen molar-refractivity contribution in [2.45, 2.75) is 32.2 Å². The molecule has 0 aliphatic carbocycles. The summed E-state index contributed by atoms with van der Waals surface area (Å²) < 4.78 is 1.51. The summed E-state index contributed by atoms with van der Waals surface area (Å²) in [7, 11) is 1.69. The molecule has 6 heteroatoms. The van der Waals surface area contributed by atoms with E-state index < -0.39 is 12.0 Å². The number of carbonyl (C=O) groups excluding carboxylic acids is 1. The Bertz CT molecular complexity index is 481. The summed E-state index contributed by atoms with van der Waals surface area (Å²) in [6.07, 6.45) is 2.23. The van der Waals surface area contributed by atoms with Crippen molar-refractivity contribution in [3.8, 4) is 0 Å². The second-order valence-corrected chi connectivity index (χ2v) is 4.64. The minimum absolute atomic E-state index is 0.245. The zero-order valence-corrected chi connectivity index (χ0v) is 10.6. The van der Waals surface area contributed by atoms with Crippen LogP contribution in [0.25, 0.3) is 0 Å². The van der Waals surface area contributed by atoms with Gasteiger partial charge in [0.05, 0.1) is 5.69 Å². The average molecular weight is 251 g/mol. The van der Waals surface area contributed by atoms with Crippen LogP contribution in [0, 0.1) is 6.92 Å². The molecule has 0 unspecified atom stereocenters. The van der Waals surface area contributed by atoms with Crippen molar-refractivity contribution < 1.29 is 14.7 Å². The molecule has 2 heterocycles. The first-order valence-electron chi connectivity index (χ1n) is 6.05. The highest BCUT2D eigenvalue weighted by Crippen LogP contribution is 2.20. The van der Waals surface area contributed by atoms with Crippen LogP contribution in [-0.4, -0.2) is 44.3 Å². The van der Waals surface area contributed by atoms with Crippen LogP contribution in [0.4, 0.5) is 0 Å². The fourth-order valence-electron chi connectivity index (χ4n) is 2.39. The molecule has 1 atom stereocenters. The summed E-state index contributed by atoms with van der Waals surface area (Å²) in [5.74, 6) is -1.17. The Morgan fingerprint density at radius 3 is 2.72 bits per heavy atom. The average Bonchev–Trinajstić information content (AvgIpc) is 2.67. The zero-order chi connectivity index (χ0) is 13.3. The minimum atomic E-state index is -0.929. The Morgan fingerprint density at radius 2 is 2.17 bits per heavy atom. The lowest BCUT2D eigenvalue weighted by molar-refractivity contribution is -0.143. The van der Waals surface area contributed by atoms with Gasteiger partial charge in [-0.1, -0.05) is 0 Å². The second kappa shape index (κ2) is 4.80. The van der Waals surface area contributed by atoms with E-state index in [0.717, 1.165) is 18.5 Å². The van der Waals surface area contributed by atoms with Crippen molar-refractivity contribution in [3.63, 3.8) is 0 Å². The first-order valence-corrected chi connectivity index (χ1v) is 6.05. The zero-order valence-electron chi connectivity index (χ0n) is 10.6. The predicted molar refractivity (Wildman–Crippen MR) is 64.3 cm³/mol. The first-order chi connectivity index (χ1) is 8.50. The van der Waals surface area contributed by atoms with Gasteiger partial charge in [0.25, 0.3) is 5.91 Å². The summed E-state index contributed by atoms with van der Waals surface area (Å²) in [6, 6.07) is 0.983. The molecule has 0 radical (unpaired) electrons. The number of piperidine rings is 1. The van der Waals surface area contributed by atoms with Gasteiger partial charge in [-0.2, -0.15) is 5.10 Å². The molecule has 6 nitrogen and oxygen atoms in total. The van der Waals surface area contributed by atoms with E-state index in [2.05, 4.69) is 5.10 Å². The molecule has 18 heavy (non-hydrogen) atoms. The number of carbonyl (C=O) groups is 2. The van der Waals surface area contributed by atoms with Gasteiger partial charge in [0, 0.05) is 13.6 Å². The molecule has 98 valence electrons. The highest BCUT2D eigenvalue weighted by Gasteiger charge is 2.33. The Morgan fingerprint density at radius 1 is 1.44 bits per heavy atom. The summed E-state index contributed by atoms with van der Waals surface area (Å²) in [5.41, 5.74) is 1.20. The van der Waals surface area contributed by atoms with E-state index in [9.17, 15) is 9.59 Å². The van der Waals surface area contributed by atoms with E-state index in [1.807, 2.05) is 6.92 Å². The monoisotopic (exact) mass is 251 g/mol. The quantitative estimate of drug-likeness (QED) is 0.844. The third kappa shape index (κ3) is 2.23. The number of carboxylic acids is 1. The van der Waals surface area contributed by atoms with Gasteiger partial charge in [0.1, 0.15) is 11.7 Å². The molecule has 0 aromatic carbocycles. The van der Waals surface area contributed by atoms with Gasteiger partial charge in [-0.25, -0.2) is 4.79 Å². The fraction of sp³-hybridized carbons (Fsp3) is 0.583. The number of hydrogen-bond acceptors (Lipinski definition) is 3. The third-order valence-corrected chi connectivity index (χ3v) is 3.27. The molecule has 1 saturated heterocycles. The summed E-state index contributed by atoms with van der Waals surface area (Å²) in [6.45, 7) is 2.31. The maximum atomic E-state index is 12.4. The number of likely N-dealkylation sites (tertiary alicyclic amines) is 1. The highest BCUT2D eigenvalue weighted by molar-refractivity contribution is 5.95. The van der Waals surface area contributed by atoms with Gasteiger partial charge >= 0.3 is 5.97 Å². The molecule has 1 aromatic rings. The second-order valence-electron chi connectivity index (χ2n) is 4.64. The van der Waals surface area contributed by atoms with Gasteiger partial charge in [0.15, 0.2) is 0 Å². The molecular formula is C12H17N3O3. The topological polar surface area (TPSA) is 75.4 Å². The smallest absolute Gasteiger partial charge is 0.326 e. The van der Waals surface area contributed by atoms with Crippen molar-refractivity contribution in [1.82, 2.24) is 14.7 Å². The maximum absolute atomic E-state index is 12.4. The standard InChI is InChI=1S/C12H17N3O3/c1-8-7-10(14(2)13-8)11(16)15-6-4-3-5-9(15)12(17)18/h7,9H,3-6H2,1-2H3,(H,17,18)/t9-/m0/s1. The van der Waals surface area contributed by atoms with Gasteiger partial charge in [-0.05, 0) is 32.3 Å². The van der Waals surface area contributed by atoms with E-state index in [4.69, 9.17) is 5.11 Å². The Labute approximate surface area is 105 Å². The van der Waals surface area contributed by atoms with E-state index in [0.29, 0.717) is 18.7 Å². The first kappa shape index (κ1) is 12.6. The van der Waals surface area contributed by atoms with Crippen molar-refractivity contribution >= 4 is 11.9 Å². The Kier molecular flexibility index (Phi) is 3.36. The van der Waals surface area contributed by atoms with Crippen molar-refractivity contribution in [2.24, 2.45) is 7.05 Å². The lowest BCUT2D eigenvalue weighted by Crippen LogP contribution is -2.48. The van der Waals surface area contributed by atoms with Crippen molar-refractivity contribution in [3.05, 3.63) is 17.5 Å². The number of aromatic nitrogens is 2. The van der Waals surface area contributed by atoms with E-state index in [-0.39, 0.29) is 5.91 Å². The maximum Gasteiger partial charge on any atom is 0.326 e. The van der Waals surface area contributed by atoms with Gasteiger partial charge in [-0.3, -0.25) is 9.48 Å². The molecule has 1 fully saturated rings. The van der Waals surface area contributed by atoms with E-state index in [1.54, 1.807) is 13.1 Å². The molecule has 0 bridgehead atoms. The SMILES string of the molecule is Cc1cc(C(=O)N2CCCC[C@H]2C(=O)O)n(C)n1. The molecule has 1 aromatic heterocycles. The lowest BCUT2D eigenvalue weighted by Gasteiger charge is -2.32. The fourth-order valence-corrected chi connectivity index (χ4v) is 2.39. The van der Waals surface area contributed by atoms with Crippen LogP contribution >= 0.6 is 0 Å². The number of hydrogen-bond donors (Lipinski definition) is 1. The largest absolute Gasteiger partial charge is 0.480 e. The Balaban J connectivity index is 2.26. The molecule has 1 N–H and O–H groups in total. The van der Waals surface area contributed by atoms with Crippen LogP contribution in [0.3, 0.4) is 0 Å². The van der Waals surface area contributed by atoms with Gasteiger partial charge in [0.2, 0.25) is 0 Å². The number of amides is 1. The summed E-state index contributed by atoms with van der Waals surface area (Å²) in [5, 5.41) is 13.3. The number of aliphatic carboxylic acids is 1. The number of nitrogens with zero attached hydrogens (tertiary/aromatic N) is 3. The molecule has 1 amide bonds. The summed E-state index contributed by atoms with van der Waals surface area (Å²) >= 11 is 0. The molecular weight excluding hydrogens is 234 g/mol. The van der Waals surface area contributed by atoms with Crippen LogP contribution in [0.15, 0.2) is 6.07 Å². The van der Waals surface area contributed by atoms with Gasteiger partial charge < -0.3 is 10.0 Å². The number of rotatable bonds is 2. The van der Waals surface area contributed by atoms with Crippen molar-refractivity contribution in [2.75, 3.05) is 6.54 Å². The number of carboxylic acid groups (broad SMARTS) is 1. The van der Waals surface area contributed by atoms with Crippen LogP contribution in [0.5, 0.6) is 0 Å². The van der Waals surface area contributed by atoms with Gasteiger partial charge in [-0.15, -0.1) is 0 Å². The van der Waals surface area contributed by atoms with Crippen LogP contribution < -0.4 is 0 Å². The Hall–Kier alpha value is -1.85. The third-order valence-electron chi connectivity index (χ3n) is 3.27. The highest BCUT2D eigenvalue weighted by atomic mass is 16.4. The minimum Gasteiger partial charge on any atom is -0.480 e. The van der Waals surface area contributed by atoms with Crippen LogP contribution in [-0.2, 0) is 11.8 Å². The number of aryl methyl sites for hydroxylation is 2. The molecule has 1 aliphatic heterocycles. The molecule has 0 saturated carbocycles. The predicted octanol–water partition coefficient (Wildman–Crippen LogP) is 0.808. The summed E-state index contributed by atoms with van der Waals surface area (Å²) in [4.78, 5) is 25.0. The lowest BCUT2D eigenvalue weighted by atomic mass is 10.0. The molecule has 0 spiro atoms. The van der Waals surface area contributed by atoms with Crippen LogP contribution in [0.1, 0.15) is 35.4 Å². The van der Waals surface area contributed by atoms with Crippen LogP contribution in [0.2, 0.25) is 0 Å². The van der Waals surface area contributed by atoms with E-state index in [1.165, 1.54) is 9.58 Å². The molecule has 1 aliphatic rings. The van der Waals surface area contributed by atoms with Crippen molar-refractivity contribution in [1.29, 1.82) is 0 Å². The molecule has 2 rings (SSSR count). The van der Waals surface area contributed by atoms with E-state index >= 15 is 0 Å². The normalized spacial score (nSPS) is 19.9.